The van der Waals surface area contributed by atoms with Crippen LogP contribution in [0.3, 0.4) is 0 Å². The van der Waals surface area contributed by atoms with Crippen molar-refractivity contribution in [2.45, 2.75) is 52.1 Å². The molecule has 66 valence electrons. The van der Waals surface area contributed by atoms with Crippen LogP contribution in [0.2, 0.25) is 0 Å². The molecule has 0 aromatic heterocycles. The molecule has 0 saturated heterocycles. The fourth-order valence-electron chi connectivity index (χ4n) is 2.16. The van der Waals surface area contributed by atoms with E-state index in [1.807, 2.05) is 0 Å². The molecule has 1 aliphatic carbocycles. The SMILES string of the molecule is CC[C@H]1CC(C)(F)CCC1C. The zero-order valence-corrected chi connectivity index (χ0v) is 7.86. The molecule has 1 heteroatoms. The van der Waals surface area contributed by atoms with Gasteiger partial charge in [-0.25, -0.2) is 4.39 Å². The summed E-state index contributed by atoms with van der Waals surface area (Å²) in [6, 6.07) is 0. The van der Waals surface area contributed by atoms with Crippen LogP contribution >= 0.6 is 0 Å². The highest BCUT2D eigenvalue weighted by atomic mass is 19.1. The van der Waals surface area contributed by atoms with Crippen molar-refractivity contribution < 1.29 is 4.39 Å². The molecule has 2 unspecified atom stereocenters. The first kappa shape index (κ1) is 9.02. The van der Waals surface area contributed by atoms with Crippen molar-refractivity contribution in [3.8, 4) is 0 Å². The van der Waals surface area contributed by atoms with Gasteiger partial charge >= 0.3 is 0 Å². The van der Waals surface area contributed by atoms with E-state index in [0.29, 0.717) is 5.92 Å². The molecular weight excluding hydrogens is 139 g/mol. The molecule has 1 fully saturated rings. The van der Waals surface area contributed by atoms with Gasteiger partial charge in [-0.1, -0.05) is 20.3 Å². The highest BCUT2D eigenvalue weighted by molar-refractivity contribution is 4.85. The van der Waals surface area contributed by atoms with Crippen LogP contribution in [-0.2, 0) is 0 Å². The second-order valence-electron chi connectivity index (χ2n) is 4.30. The predicted molar refractivity (Wildman–Crippen MR) is 46.3 cm³/mol. The van der Waals surface area contributed by atoms with Crippen molar-refractivity contribution >= 4 is 0 Å². The van der Waals surface area contributed by atoms with Gasteiger partial charge in [0.25, 0.3) is 0 Å². The number of hydrogen-bond donors (Lipinski definition) is 0. The van der Waals surface area contributed by atoms with E-state index in [1.165, 1.54) is 0 Å². The molecule has 1 aliphatic rings. The summed E-state index contributed by atoms with van der Waals surface area (Å²) in [5, 5.41) is 0. The van der Waals surface area contributed by atoms with Crippen LogP contribution in [0.1, 0.15) is 46.5 Å². The van der Waals surface area contributed by atoms with E-state index in [-0.39, 0.29) is 0 Å². The Morgan fingerprint density at radius 3 is 2.64 bits per heavy atom. The summed E-state index contributed by atoms with van der Waals surface area (Å²) in [6.07, 6.45) is 3.77. The third-order valence-corrected chi connectivity index (χ3v) is 3.14. The second kappa shape index (κ2) is 3.12. The van der Waals surface area contributed by atoms with Gasteiger partial charge in [-0.15, -0.1) is 0 Å². The van der Waals surface area contributed by atoms with Gasteiger partial charge in [-0.2, -0.15) is 0 Å². The van der Waals surface area contributed by atoms with E-state index in [0.717, 1.165) is 31.6 Å². The Hall–Kier alpha value is -0.0700. The minimum Gasteiger partial charge on any atom is -0.244 e. The van der Waals surface area contributed by atoms with Crippen molar-refractivity contribution in [1.29, 1.82) is 0 Å². The molecule has 0 bridgehead atoms. The Bertz CT molecular complexity index is 129. The molecule has 0 spiro atoms. The summed E-state index contributed by atoms with van der Waals surface area (Å²) in [7, 11) is 0. The summed E-state index contributed by atoms with van der Waals surface area (Å²) in [5.74, 6) is 1.36. The van der Waals surface area contributed by atoms with E-state index in [4.69, 9.17) is 0 Å². The Morgan fingerprint density at radius 2 is 2.18 bits per heavy atom. The Labute approximate surface area is 69.2 Å². The molecule has 0 N–H and O–H groups in total. The van der Waals surface area contributed by atoms with E-state index >= 15 is 0 Å². The van der Waals surface area contributed by atoms with Gasteiger partial charge in [-0.3, -0.25) is 0 Å². The summed E-state index contributed by atoms with van der Waals surface area (Å²) < 4.78 is 13.5. The van der Waals surface area contributed by atoms with Gasteiger partial charge in [0.2, 0.25) is 0 Å². The fourth-order valence-corrected chi connectivity index (χ4v) is 2.16. The Kier molecular flexibility index (Phi) is 2.56. The summed E-state index contributed by atoms with van der Waals surface area (Å²) >= 11 is 0. The van der Waals surface area contributed by atoms with Gasteiger partial charge in [0.15, 0.2) is 0 Å². The molecule has 1 rings (SSSR count). The largest absolute Gasteiger partial charge is 0.244 e. The predicted octanol–water partition coefficient (Wildman–Crippen LogP) is 3.56. The third-order valence-electron chi connectivity index (χ3n) is 3.14. The zero-order valence-electron chi connectivity index (χ0n) is 7.86. The maximum Gasteiger partial charge on any atom is 0.108 e. The van der Waals surface area contributed by atoms with Crippen molar-refractivity contribution in [3.05, 3.63) is 0 Å². The van der Waals surface area contributed by atoms with Gasteiger partial charge in [0.1, 0.15) is 5.67 Å². The molecule has 0 aromatic carbocycles. The van der Waals surface area contributed by atoms with Crippen LogP contribution in [-0.4, -0.2) is 5.67 Å². The third kappa shape index (κ3) is 2.18. The topological polar surface area (TPSA) is 0 Å². The number of hydrogen-bond acceptors (Lipinski definition) is 0. The molecule has 11 heavy (non-hydrogen) atoms. The molecule has 0 radical (unpaired) electrons. The number of rotatable bonds is 1. The maximum atomic E-state index is 13.5. The van der Waals surface area contributed by atoms with Crippen LogP contribution in [0, 0.1) is 11.8 Å². The first-order valence-corrected chi connectivity index (χ1v) is 4.74. The summed E-state index contributed by atoms with van der Waals surface area (Å²) in [6.45, 7) is 6.17. The van der Waals surface area contributed by atoms with Crippen LogP contribution in [0.5, 0.6) is 0 Å². The fraction of sp³-hybridized carbons (Fsp3) is 1.00. The minimum atomic E-state index is -0.868. The summed E-state index contributed by atoms with van der Waals surface area (Å²) in [4.78, 5) is 0. The zero-order chi connectivity index (χ0) is 8.48. The lowest BCUT2D eigenvalue weighted by Gasteiger charge is -2.36. The van der Waals surface area contributed by atoms with E-state index in [1.54, 1.807) is 6.92 Å². The highest BCUT2D eigenvalue weighted by Gasteiger charge is 2.34. The Balaban J connectivity index is 2.51. The monoisotopic (exact) mass is 158 g/mol. The maximum absolute atomic E-state index is 13.5. The van der Waals surface area contributed by atoms with Crippen molar-refractivity contribution in [2.24, 2.45) is 11.8 Å². The minimum absolute atomic E-state index is 0.624. The van der Waals surface area contributed by atoms with Crippen molar-refractivity contribution in [2.75, 3.05) is 0 Å². The molecule has 1 saturated carbocycles. The normalized spacial score (nSPS) is 45.8. The van der Waals surface area contributed by atoms with Crippen LogP contribution < -0.4 is 0 Å². The van der Waals surface area contributed by atoms with Crippen LogP contribution in [0.25, 0.3) is 0 Å². The molecule has 0 heterocycles. The smallest absolute Gasteiger partial charge is 0.108 e. The molecule has 0 nitrogen and oxygen atoms in total. The lowest BCUT2D eigenvalue weighted by atomic mass is 9.73. The molecule has 0 aromatic rings. The van der Waals surface area contributed by atoms with Gasteiger partial charge in [0.05, 0.1) is 0 Å². The van der Waals surface area contributed by atoms with E-state index in [9.17, 15) is 4.39 Å². The summed E-state index contributed by atoms with van der Waals surface area (Å²) in [5.41, 5.74) is -0.868. The van der Waals surface area contributed by atoms with E-state index in [2.05, 4.69) is 13.8 Å². The first-order valence-electron chi connectivity index (χ1n) is 4.74. The first-order chi connectivity index (χ1) is 5.05. The molecular formula is C10H19F. The second-order valence-corrected chi connectivity index (χ2v) is 4.30. The lowest BCUT2D eigenvalue weighted by Crippen LogP contribution is -2.31. The van der Waals surface area contributed by atoms with E-state index < -0.39 is 5.67 Å². The Morgan fingerprint density at radius 1 is 1.55 bits per heavy atom. The van der Waals surface area contributed by atoms with Crippen LogP contribution in [0.15, 0.2) is 0 Å². The average Bonchev–Trinajstić information content (AvgIpc) is 1.94. The lowest BCUT2D eigenvalue weighted by molar-refractivity contribution is 0.0621. The highest BCUT2D eigenvalue weighted by Crippen LogP contribution is 2.39. The van der Waals surface area contributed by atoms with Crippen LogP contribution in [0.4, 0.5) is 4.39 Å². The molecule has 0 aliphatic heterocycles. The quantitative estimate of drug-likeness (QED) is 0.547. The number of alkyl halides is 1. The number of halogens is 1. The molecule has 3 atom stereocenters. The van der Waals surface area contributed by atoms with Gasteiger partial charge in [-0.05, 0) is 38.0 Å². The van der Waals surface area contributed by atoms with Gasteiger partial charge < -0.3 is 0 Å². The average molecular weight is 158 g/mol. The van der Waals surface area contributed by atoms with Crippen molar-refractivity contribution in [3.63, 3.8) is 0 Å². The standard InChI is InChI=1S/C10H19F/c1-4-9-7-10(3,11)6-5-8(9)2/h8-9H,4-7H2,1-3H3/t8?,9-,10?/m0/s1. The molecule has 0 amide bonds. The van der Waals surface area contributed by atoms with Gasteiger partial charge in [0, 0.05) is 0 Å². The van der Waals surface area contributed by atoms with Crippen molar-refractivity contribution in [1.82, 2.24) is 0 Å².